The Morgan fingerprint density at radius 1 is 1.21 bits per heavy atom. The maximum absolute atomic E-state index is 12.6. The number of benzene rings is 2. The van der Waals surface area contributed by atoms with Crippen LogP contribution in [0.2, 0.25) is 0 Å². The SMILES string of the molecule is COc1cccc(CCC(=O)Nc2nc(-c3ccccc3OC(F)F)cs2)c1. The average molecular weight is 404 g/mol. The van der Waals surface area contributed by atoms with E-state index in [1.807, 2.05) is 24.3 Å². The molecule has 0 bridgehead atoms. The lowest BCUT2D eigenvalue weighted by atomic mass is 10.1. The van der Waals surface area contributed by atoms with Gasteiger partial charge in [0.15, 0.2) is 5.13 Å². The molecule has 0 saturated carbocycles. The highest BCUT2D eigenvalue weighted by molar-refractivity contribution is 7.14. The van der Waals surface area contributed by atoms with Gasteiger partial charge in [-0.1, -0.05) is 24.3 Å². The number of hydrogen-bond donors (Lipinski definition) is 1. The first-order valence-corrected chi connectivity index (χ1v) is 9.35. The average Bonchev–Trinajstić information content (AvgIpc) is 3.14. The fraction of sp³-hybridized carbons (Fsp3) is 0.200. The number of anilines is 1. The first-order valence-electron chi connectivity index (χ1n) is 8.47. The maximum Gasteiger partial charge on any atom is 0.387 e. The van der Waals surface area contributed by atoms with Crippen LogP contribution < -0.4 is 14.8 Å². The first kappa shape index (κ1) is 19.8. The lowest BCUT2D eigenvalue weighted by Crippen LogP contribution is -2.12. The minimum atomic E-state index is -2.92. The molecule has 0 unspecified atom stereocenters. The highest BCUT2D eigenvalue weighted by atomic mass is 32.1. The Hall–Kier alpha value is -3.00. The van der Waals surface area contributed by atoms with Gasteiger partial charge < -0.3 is 14.8 Å². The van der Waals surface area contributed by atoms with Gasteiger partial charge in [-0.25, -0.2) is 4.98 Å². The number of aryl methyl sites for hydroxylation is 1. The van der Waals surface area contributed by atoms with Gasteiger partial charge in [0.2, 0.25) is 5.91 Å². The number of hydrogen-bond acceptors (Lipinski definition) is 5. The van der Waals surface area contributed by atoms with Crippen LogP contribution in [0.25, 0.3) is 11.3 Å². The number of nitrogens with zero attached hydrogens (tertiary/aromatic N) is 1. The molecule has 0 atom stereocenters. The van der Waals surface area contributed by atoms with Crippen molar-refractivity contribution in [2.24, 2.45) is 0 Å². The smallest absolute Gasteiger partial charge is 0.387 e. The molecular formula is C20H18F2N2O3S. The second kappa shape index (κ2) is 9.27. The van der Waals surface area contributed by atoms with Crippen molar-refractivity contribution in [3.8, 4) is 22.8 Å². The number of carbonyl (C=O) groups is 1. The van der Waals surface area contributed by atoms with Gasteiger partial charge in [0.1, 0.15) is 11.5 Å². The first-order chi connectivity index (χ1) is 13.5. The summed E-state index contributed by atoms with van der Waals surface area (Å²) in [5.41, 5.74) is 1.90. The van der Waals surface area contributed by atoms with Crippen LogP contribution in [-0.4, -0.2) is 24.6 Å². The van der Waals surface area contributed by atoms with Crippen LogP contribution in [0, 0.1) is 0 Å². The minimum absolute atomic E-state index is 0.0405. The zero-order chi connectivity index (χ0) is 19.9. The summed E-state index contributed by atoms with van der Waals surface area (Å²) >= 11 is 1.22. The van der Waals surface area contributed by atoms with Gasteiger partial charge in [-0.2, -0.15) is 8.78 Å². The third kappa shape index (κ3) is 5.26. The third-order valence-electron chi connectivity index (χ3n) is 3.90. The van der Waals surface area contributed by atoms with Gasteiger partial charge in [-0.15, -0.1) is 11.3 Å². The zero-order valence-electron chi connectivity index (χ0n) is 15.0. The highest BCUT2D eigenvalue weighted by Gasteiger charge is 2.14. The molecular weight excluding hydrogens is 386 g/mol. The Kier molecular flexibility index (Phi) is 6.54. The van der Waals surface area contributed by atoms with Crippen molar-refractivity contribution in [3.63, 3.8) is 0 Å². The lowest BCUT2D eigenvalue weighted by molar-refractivity contribution is -0.116. The van der Waals surface area contributed by atoms with Crippen molar-refractivity contribution in [1.82, 2.24) is 4.98 Å². The Balaban J connectivity index is 1.62. The van der Waals surface area contributed by atoms with Crippen molar-refractivity contribution in [2.75, 3.05) is 12.4 Å². The largest absolute Gasteiger partial charge is 0.497 e. The molecule has 1 heterocycles. The summed E-state index contributed by atoms with van der Waals surface area (Å²) in [5.74, 6) is 0.603. The van der Waals surface area contributed by atoms with E-state index >= 15 is 0 Å². The monoisotopic (exact) mass is 404 g/mol. The van der Waals surface area contributed by atoms with Gasteiger partial charge in [0.25, 0.3) is 0 Å². The number of alkyl halides is 2. The topological polar surface area (TPSA) is 60.5 Å². The van der Waals surface area contributed by atoms with Crippen molar-refractivity contribution >= 4 is 22.4 Å². The third-order valence-corrected chi connectivity index (χ3v) is 4.66. The number of halogens is 2. The molecule has 0 fully saturated rings. The lowest BCUT2D eigenvalue weighted by Gasteiger charge is -2.08. The van der Waals surface area contributed by atoms with Crippen molar-refractivity contribution in [3.05, 3.63) is 59.5 Å². The summed E-state index contributed by atoms with van der Waals surface area (Å²) in [5, 5.41) is 4.83. The Bertz CT molecular complexity index is 946. The van der Waals surface area contributed by atoms with Crippen LogP contribution in [0.1, 0.15) is 12.0 Å². The molecule has 0 aliphatic rings. The van der Waals surface area contributed by atoms with E-state index in [0.29, 0.717) is 22.8 Å². The number of para-hydroxylation sites is 1. The molecule has 3 rings (SSSR count). The number of ether oxygens (including phenoxy) is 2. The van der Waals surface area contributed by atoms with E-state index in [1.54, 1.807) is 30.7 Å². The van der Waals surface area contributed by atoms with E-state index in [-0.39, 0.29) is 18.1 Å². The molecule has 28 heavy (non-hydrogen) atoms. The fourth-order valence-corrected chi connectivity index (χ4v) is 3.33. The quantitative estimate of drug-likeness (QED) is 0.575. The second-order valence-corrected chi connectivity index (χ2v) is 6.67. The Labute approximate surface area is 164 Å². The number of thiazole rings is 1. The van der Waals surface area contributed by atoms with Crippen LogP contribution in [0.15, 0.2) is 53.9 Å². The van der Waals surface area contributed by atoms with E-state index < -0.39 is 6.61 Å². The highest BCUT2D eigenvalue weighted by Crippen LogP contribution is 2.33. The normalized spacial score (nSPS) is 10.7. The van der Waals surface area contributed by atoms with E-state index in [1.165, 1.54) is 17.4 Å². The van der Waals surface area contributed by atoms with Gasteiger partial charge >= 0.3 is 6.61 Å². The molecule has 8 heteroatoms. The van der Waals surface area contributed by atoms with Crippen molar-refractivity contribution < 1.29 is 23.0 Å². The summed E-state index contributed by atoms with van der Waals surface area (Å²) in [4.78, 5) is 16.5. The standard InChI is InChI=1S/C20H18F2N2O3S/c1-26-14-6-4-5-13(11-14)9-10-18(25)24-20-23-16(12-28-20)15-7-2-3-8-17(15)27-19(21)22/h2-8,11-12,19H,9-10H2,1H3,(H,23,24,25). The molecule has 1 N–H and O–H groups in total. The van der Waals surface area contributed by atoms with Crippen LogP contribution >= 0.6 is 11.3 Å². The molecule has 146 valence electrons. The minimum Gasteiger partial charge on any atom is -0.497 e. The number of rotatable bonds is 8. The number of aromatic nitrogens is 1. The second-order valence-electron chi connectivity index (χ2n) is 5.81. The van der Waals surface area contributed by atoms with Gasteiger partial charge in [0, 0.05) is 17.4 Å². The summed E-state index contributed by atoms with van der Waals surface area (Å²) in [6.07, 6.45) is 0.847. The summed E-state index contributed by atoms with van der Waals surface area (Å²) in [7, 11) is 1.59. The van der Waals surface area contributed by atoms with Crippen LogP contribution in [0.3, 0.4) is 0 Å². The number of methoxy groups -OCH3 is 1. The van der Waals surface area contributed by atoms with Gasteiger partial charge in [0.05, 0.1) is 12.8 Å². The molecule has 3 aromatic rings. The molecule has 0 radical (unpaired) electrons. The summed E-state index contributed by atoms with van der Waals surface area (Å²) < 4.78 is 34.8. The van der Waals surface area contributed by atoms with Gasteiger partial charge in [-0.05, 0) is 36.2 Å². The van der Waals surface area contributed by atoms with Crippen molar-refractivity contribution in [2.45, 2.75) is 19.5 Å². The summed E-state index contributed by atoms with van der Waals surface area (Å²) in [6, 6.07) is 13.9. The molecule has 5 nitrogen and oxygen atoms in total. The molecule has 1 amide bonds. The molecule has 0 saturated heterocycles. The molecule has 1 aromatic heterocycles. The van der Waals surface area contributed by atoms with Crippen molar-refractivity contribution in [1.29, 1.82) is 0 Å². The predicted molar refractivity (Wildman–Crippen MR) is 104 cm³/mol. The van der Waals surface area contributed by atoms with Crippen LogP contribution in [-0.2, 0) is 11.2 Å². The Morgan fingerprint density at radius 3 is 2.82 bits per heavy atom. The van der Waals surface area contributed by atoms with Gasteiger partial charge in [-0.3, -0.25) is 4.79 Å². The zero-order valence-corrected chi connectivity index (χ0v) is 15.8. The molecule has 0 aliphatic heterocycles. The number of carbonyl (C=O) groups excluding carboxylic acids is 1. The van der Waals surface area contributed by atoms with E-state index in [4.69, 9.17) is 4.74 Å². The molecule has 0 spiro atoms. The van der Waals surface area contributed by atoms with E-state index in [2.05, 4.69) is 15.0 Å². The predicted octanol–water partition coefficient (Wildman–Crippen LogP) is 4.99. The molecule has 0 aliphatic carbocycles. The summed E-state index contributed by atoms with van der Waals surface area (Å²) in [6.45, 7) is -2.92. The van der Waals surface area contributed by atoms with Crippen LogP contribution in [0.5, 0.6) is 11.5 Å². The Morgan fingerprint density at radius 2 is 2.04 bits per heavy atom. The van der Waals surface area contributed by atoms with E-state index in [0.717, 1.165) is 11.3 Å². The molecule has 2 aromatic carbocycles. The van der Waals surface area contributed by atoms with Crippen LogP contribution in [0.4, 0.5) is 13.9 Å². The van der Waals surface area contributed by atoms with E-state index in [9.17, 15) is 13.6 Å². The number of nitrogens with one attached hydrogen (secondary N) is 1. The maximum atomic E-state index is 12.6. The number of amides is 1. The fourth-order valence-electron chi connectivity index (χ4n) is 2.60.